The average Bonchev–Trinajstić information content (AvgIpc) is 2.84. The van der Waals surface area contributed by atoms with Gasteiger partial charge in [0.1, 0.15) is 6.10 Å². The predicted molar refractivity (Wildman–Crippen MR) is 79.8 cm³/mol. The summed E-state index contributed by atoms with van der Waals surface area (Å²) >= 11 is 1.69. The van der Waals surface area contributed by atoms with Gasteiger partial charge in [0.2, 0.25) is 0 Å². The molecule has 2 heterocycles. The molecule has 1 atom stereocenters. The van der Waals surface area contributed by atoms with Gasteiger partial charge in [-0.05, 0) is 20.8 Å². The van der Waals surface area contributed by atoms with Crippen molar-refractivity contribution in [3.63, 3.8) is 0 Å². The number of rotatable bonds is 5. The molecule has 1 aromatic rings. The lowest BCUT2D eigenvalue weighted by atomic mass is 10.2. The summed E-state index contributed by atoms with van der Waals surface area (Å²) in [5.74, 6) is 0.107. The lowest BCUT2D eigenvalue weighted by molar-refractivity contribution is -0.144. The molecule has 0 aliphatic carbocycles. The van der Waals surface area contributed by atoms with Crippen LogP contribution in [0.2, 0.25) is 0 Å². The Bertz CT molecular complexity index is 441. The molecule has 0 spiro atoms. The van der Waals surface area contributed by atoms with Crippen LogP contribution in [-0.4, -0.2) is 59.6 Å². The number of aromatic nitrogens is 1. The Morgan fingerprint density at radius 1 is 1.45 bits per heavy atom. The van der Waals surface area contributed by atoms with Crippen molar-refractivity contribution in [1.82, 2.24) is 14.8 Å². The summed E-state index contributed by atoms with van der Waals surface area (Å²) in [6, 6.07) is 0. The largest absolute Gasteiger partial charge is 0.369 e. The second-order valence-corrected chi connectivity index (χ2v) is 6.12. The number of hydrogen-bond acceptors (Lipinski definition) is 5. The summed E-state index contributed by atoms with van der Waals surface area (Å²) in [6.07, 6.45) is -0.326. The monoisotopic (exact) mass is 297 g/mol. The van der Waals surface area contributed by atoms with Crippen molar-refractivity contribution in [2.75, 3.05) is 32.8 Å². The number of ether oxygens (including phenoxy) is 1. The number of carbonyl (C=O) groups is 1. The summed E-state index contributed by atoms with van der Waals surface area (Å²) in [7, 11) is 0. The Kier molecular flexibility index (Phi) is 5.51. The van der Waals surface area contributed by atoms with Gasteiger partial charge in [-0.25, -0.2) is 4.98 Å². The number of piperazine rings is 1. The van der Waals surface area contributed by atoms with E-state index in [0.29, 0.717) is 6.61 Å². The normalized spacial score (nSPS) is 18.2. The van der Waals surface area contributed by atoms with Gasteiger partial charge in [0.15, 0.2) is 0 Å². The van der Waals surface area contributed by atoms with Gasteiger partial charge in [-0.2, -0.15) is 0 Å². The quantitative estimate of drug-likeness (QED) is 0.827. The summed E-state index contributed by atoms with van der Waals surface area (Å²) < 4.78 is 5.37. The predicted octanol–water partition coefficient (Wildman–Crippen LogP) is 1.52. The molecule has 1 aliphatic heterocycles. The molecule has 112 valence electrons. The third-order valence-corrected chi connectivity index (χ3v) is 4.32. The van der Waals surface area contributed by atoms with Crippen molar-refractivity contribution in [3.8, 4) is 0 Å². The van der Waals surface area contributed by atoms with Crippen molar-refractivity contribution < 1.29 is 9.53 Å². The molecule has 0 bridgehead atoms. The average molecular weight is 297 g/mol. The van der Waals surface area contributed by atoms with E-state index in [0.717, 1.165) is 43.4 Å². The fourth-order valence-electron chi connectivity index (χ4n) is 2.41. The molecular formula is C14H23N3O2S. The van der Waals surface area contributed by atoms with Crippen molar-refractivity contribution in [2.45, 2.75) is 33.4 Å². The van der Waals surface area contributed by atoms with Crippen molar-refractivity contribution in [2.24, 2.45) is 0 Å². The first-order valence-electron chi connectivity index (χ1n) is 7.14. The van der Waals surface area contributed by atoms with Crippen molar-refractivity contribution >= 4 is 17.2 Å². The Balaban J connectivity index is 1.78. The van der Waals surface area contributed by atoms with E-state index in [1.165, 1.54) is 0 Å². The van der Waals surface area contributed by atoms with E-state index >= 15 is 0 Å². The molecule has 5 nitrogen and oxygen atoms in total. The first kappa shape index (κ1) is 15.4. The Labute approximate surface area is 124 Å². The molecule has 1 saturated heterocycles. The van der Waals surface area contributed by atoms with Crippen LogP contribution in [0.3, 0.4) is 0 Å². The molecule has 2 rings (SSSR count). The lowest BCUT2D eigenvalue weighted by Gasteiger charge is -2.35. The van der Waals surface area contributed by atoms with E-state index in [4.69, 9.17) is 4.74 Å². The van der Waals surface area contributed by atoms with Gasteiger partial charge in [0, 0.05) is 44.7 Å². The fourth-order valence-corrected chi connectivity index (χ4v) is 3.02. The van der Waals surface area contributed by atoms with Gasteiger partial charge in [0.25, 0.3) is 5.91 Å². The van der Waals surface area contributed by atoms with Crippen LogP contribution in [0.5, 0.6) is 0 Å². The van der Waals surface area contributed by atoms with Crippen LogP contribution in [-0.2, 0) is 16.1 Å². The highest BCUT2D eigenvalue weighted by Gasteiger charge is 2.25. The van der Waals surface area contributed by atoms with Gasteiger partial charge in [-0.1, -0.05) is 0 Å². The summed E-state index contributed by atoms with van der Waals surface area (Å²) in [4.78, 5) is 20.9. The minimum Gasteiger partial charge on any atom is -0.369 e. The molecule has 1 aliphatic rings. The maximum Gasteiger partial charge on any atom is 0.251 e. The molecule has 0 aromatic carbocycles. The molecule has 6 heteroatoms. The van der Waals surface area contributed by atoms with Gasteiger partial charge in [-0.3, -0.25) is 9.69 Å². The molecule has 0 radical (unpaired) electrons. The molecule has 20 heavy (non-hydrogen) atoms. The number of aryl methyl sites for hydroxylation is 1. The standard InChI is InChI=1S/C14H23N3O2S/c1-4-19-11(2)14(18)17-7-5-16(6-8-17)9-13-10-20-12(3)15-13/h10-11H,4-9H2,1-3H3. The van der Waals surface area contributed by atoms with Gasteiger partial charge in [-0.15, -0.1) is 11.3 Å². The van der Waals surface area contributed by atoms with Crippen molar-refractivity contribution in [3.05, 3.63) is 16.1 Å². The van der Waals surface area contributed by atoms with E-state index in [1.54, 1.807) is 11.3 Å². The molecule has 1 aromatic heterocycles. The van der Waals surface area contributed by atoms with Crippen LogP contribution in [0.25, 0.3) is 0 Å². The maximum atomic E-state index is 12.1. The van der Waals surface area contributed by atoms with E-state index < -0.39 is 0 Å². The second kappa shape index (κ2) is 7.15. The van der Waals surface area contributed by atoms with E-state index in [9.17, 15) is 4.79 Å². The highest BCUT2D eigenvalue weighted by Crippen LogP contribution is 2.13. The molecule has 1 unspecified atom stereocenters. The van der Waals surface area contributed by atoms with Crippen LogP contribution < -0.4 is 0 Å². The van der Waals surface area contributed by atoms with Crippen LogP contribution in [0.15, 0.2) is 5.38 Å². The first-order valence-corrected chi connectivity index (χ1v) is 8.02. The molecular weight excluding hydrogens is 274 g/mol. The Hall–Kier alpha value is -0.980. The minimum atomic E-state index is -0.326. The Morgan fingerprint density at radius 2 is 2.15 bits per heavy atom. The summed E-state index contributed by atoms with van der Waals surface area (Å²) in [5.41, 5.74) is 1.13. The number of hydrogen-bond donors (Lipinski definition) is 0. The summed E-state index contributed by atoms with van der Waals surface area (Å²) in [6.45, 7) is 10.6. The second-order valence-electron chi connectivity index (χ2n) is 5.06. The zero-order valence-corrected chi connectivity index (χ0v) is 13.3. The highest BCUT2D eigenvalue weighted by molar-refractivity contribution is 7.09. The van der Waals surface area contributed by atoms with Crippen LogP contribution in [0.4, 0.5) is 0 Å². The number of nitrogens with zero attached hydrogens (tertiary/aromatic N) is 3. The van der Waals surface area contributed by atoms with E-state index in [-0.39, 0.29) is 12.0 Å². The maximum absolute atomic E-state index is 12.1. The number of amides is 1. The molecule has 1 fully saturated rings. The third kappa shape index (κ3) is 4.01. The highest BCUT2D eigenvalue weighted by atomic mass is 32.1. The van der Waals surface area contributed by atoms with Gasteiger partial charge < -0.3 is 9.64 Å². The minimum absolute atomic E-state index is 0.107. The lowest BCUT2D eigenvalue weighted by Crippen LogP contribution is -2.51. The number of thiazole rings is 1. The fraction of sp³-hybridized carbons (Fsp3) is 0.714. The number of carbonyl (C=O) groups excluding carboxylic acids is 1. The summed E-state index contributed by atoms with van der Waals surface area (Å²) in [5, 5.41) is 3.23. The van der Waals surface area contributed by atoms with Gasteiger partial charge in [0.05, 0.1) is 10.7 Å². The topological polar surface area (TPSA) is 45.7 Å². The zero-order chi connectivity index (χ0) is 14.5. The first-order chi connectivity index (χ1) is 9.60. The smallest absolute Gasteiger partial charge is 0.251 e. The van der Waals surface area contributed by atoms with E-state index in [1.807, 2.05) is 25.7 Å². The molecule has 1 amide bonds. The van der Waals surface area contributed by atoms with Crippen molar-refractivity contribution in [1.29, 1.82) is 0 Å². The molecule has 0 saturated carbocycles. The van der Waals surface area contributed by atoms with E-state index in [2.05, 4.69) is 15.3 Å². The van der Waals surface area contributed by atoms with Gasteiger partial charge >= 0.3 is 0 Å². The van der Waals surface area contributed by atoms with Crippen LogP contribution in [0.1, 0.15) is 24.5 Å². The van der Waals surface area contributed by atoms with Crippen LogP contribution in [0, 0.1) is 6.92 Å². The van der Waals surface area contributed by atoms with Crippen LogP contribution >= 0.6 is 11.3 Å². The SMILES string of the molecule is CCOC(C)C(=O)N1CCN(Cc2csc(C)n2)CC1. The third-order valence-electron chi connectivity index (χ3n) is 3.50. The molecule has 0 N–H and O–H groups in total. The zero-order valence-electron chi connectivity index (χ0n) is 12.5. The Morgan fingerprint density at radius 3 is 2.70 bits per heavy atom.